The van der Waals surface area contributed by atoms with Crippen molar-refractivity contribution >= 4 is 28.6 Å². The molecule has 0 spiro atoms. The van der Waals surface area contributed by atoms with Crippen LogP contribution >= 0.6 is 11.6 Å². The number of nitrogens with zero attached hydrogens (tertiary/aromatic N) is 5. The molecule has 0 amide bonds. The number of anilines is 1. The smallest absolute Gasteiger partial charge is 0.226 e. The van der Waals surface area contributed by atoms with Gasteiger partial charge in [-0.1, -0.05) is 12.8 Å². The van der Waals surface area contributed by atoms with Gasteiger partial charge in [0.2, 0.25) is 5.28 Å². The van der Waals surface area contributed by atoms with Crippen LogP contribution in [-0.2, 0) is 4.74 Å². The highest BCUT2D eigenvalue weighted by atomic mass is 35.5. The van der Waals surface area contributed by atoms with Gasteiger partial charge in [-0.25, -0.2) is 9.37 Å². The predicted octanol–water partition coefficient (Wildman–Crippen LogP) is 1.45. The van der Waals surface area contributed by atoms with Crippen LogP contribution < -0.4 is 4.90 Å². The predicted molar refractivity (Wildman–Crippen MR) is 92.9 cm³/mol. The van der Waals surface area contributed by atoms with Gasteiger partial charge in [-0.2, -0.15) is 9.97 Å². The Morgan fingerprint density at radius 2 is 2.12 bits per heavy atom. The number of alkyl halides is 1. The van der Waals surface area contributed by atoms with E-state index in [0.717, 1.165) is 12.8 Å². The number of aliphatic hydroxyl groups is 2. The molecule has 4 atom stereocenters. The molecular formula is C16H21ClFN5O3. The third-order valence-corrected chi connectivity index (χ3v) is 5.50. The third-order valence-electron chi connectivity index (χ3n) is 5.33. The summed E-state index contributed by atoms with van der Waals surface area (Å²) in [6.45, 7) is -0.476. The highest BCUT2D eigenvalue weighted by Crippen LogP contribution is 2.36. The van der Waals surface area contributed by atoms with Crippen LogP contribution in [0.5, 0.6) is 0 Å². The van der Waals surface area contributed by atoms with E-state index in [1.165, 1.54) is 23.7 Å². The zero-order valence-electron chi connectivity index (χ0n) is 14.3. The van der Waals surface area contributed by atoms with E-state index < -0.39 is 31.2 Å². The van der Waals surface area contributed by atoms with Crippen molar-refractivity contribution in [2.45, 2.75) is 56.3 Å². The minimum absolute atomic E-state index is 0.0340. The second-order valence-corrected chi connectivity index (χ2v) is 7.21. The van der Waals surface area contributed by atoms with E-state index >= 15 is 0 Å². The van der Waals surface area contributed by atoms with Gasteiger partial charge in [-0.15, -0.1) is 0 Å². The van der Waals surface area contributed by atoms with Crippen molar-refractivity contribution in [2.24, 2.45) is 0 Å². The van der Waals surface area contributed by atoms with E-state index in [2.05, 4.69) is 15.0 Å². The number of imidazole rings is 1. The highest BCUT2D eigenvalue weighted by Gasteiger charge is 2.45. The number of hydrogen-bond donors (Lipinski definition) is 2. The molecule has 2 N–H and O–H groups in total. The molecule has 2 fully saturated rings. The number of halogens is 2. The van der Waals surface area contributed by atoms with E-state index in [-0.39, 0.29) is 5.28 Å². The molecule has 142 valence electrons. The molecule has 1 aliphatic heterocycles. The molecule has 3 heterocycles. The van der Waals surface area contributed by atoms with Gasteiger partial charge in [-0.3, -0.25) is 4.57 Å². The number of fused-ring (bicyclic) bond motifs is 1. The first-order valence-corrected chi connectivity index (χ1v) is 9.10. The summed E-state index contributed by atoms with van der Waals surface area (Å²) >= 11 is 6.12. The molecule has 1 aliphatic carbocycles. The average molecular weight is 386 g/mol. The lowest BCUT2D eigenvalue weighted by Crippen LogP contribution is -2.30. The third kappa shape index (κ3) is 2.83. The number of ether oxygens (including phenoxy) is 1. The van der Waals surface area contributed by atoms with Crippen molar-refractivity contribution in [2.75, 3.05) is 18.6 Å². The van der Waals surface area contributed by atoms with Crippen LogP contribution in [0.3, 0.4) is 0 Å². The van der Waals surface area contributed by atoms with E-state index in [4.69, 9.17) is 16.3 Å². The van der Waals surface area contributed by atoms with Gasteiger partial charge in [0.25, 0.3) is 0 Å². The molecule has 2 aromatic rings. The van der Waals surface area contributed by atoms with Gasteiger partial charge in [0.15, 0.2) is 29.4 Å². The summed E-state index contributed by atoms with van der Waals surface area (Å²) < 4.78 is 21.4. The molecule has 0 radical (unpaired) electrons. The summed E-state index contributed by atoms with van der Waals surface area (Å²) in [4.78, 5) is 14.9. The number of aliphatic hydroxyl groups excluding tert-OH is 2. The maximum Gasteiger partial charge on any atom is 0.226 e. The van der Waals surface area contributed by atoms with E-state index in [1.54, 1.807) is 0 Å². The van der Waals surface area contributed by atoms with Gasteiger partial charge in [0.1, 0.15) is 12.2 Å². The topological polar surface area (TPSA) is 96.5 Å². The fraction of sp³-hybridized carbons (Fsp3) is 0.688. The lowest BCUT2D eigenvalue weighted by atomic mass is 10.1. The van der Waals surface area contributed by atoms with Gasteiger partial charge in [0, 0.05) is 13.1 Å². The van der Waals surface area contributed by atoms with E-state index in [9.17, 15) is 14.6 Å². The Hall–Kier alpha value is -1.55. The van der Waals surface area contributed by atoms with Crippen LogP contribution in [0.25, 0.3) is 11.2 Å². The molecule has 26 heavy (non-hydrogen) atoms. The molecule has 4 rings (SSSR count). The Morgan fingerprint density at radius 1 is 1.38 bits per heavy atom. The molecule has 10 heteroatoms. The Labute approximate surface area is 154 Å². The Kier molecular flexibility index (Phi) is 4.72. The summed E-state index contributed by atoms with van der Waals surface area (Å²) in [7, 11) is 1.95. The van der Waals surface area contributed by atoms with Crippen LogP contribution in [0, 0.1) is 0 Å². The Morgan fingerprint density at radius 3 is 2.77 bits per heavy atom. The summed E-state index contributed by atoms with van der Waals surface area (Å²) in [5.41, 5.74) is 0.838. The monoisotopic (exact) mass is 385 g/mol. The standard InChI is InChI=1S/C16H21ClFN5O3/c1-22(8-4-2-3-5-8)13-11-14(21-16(17)20-13)23(7-19-11)15-10(18)12(25)9(6-24)26-15/h7-10,12,15,24-25H,2-6H2,1H3/t9-,10+,12-,15-/m1/s1. The summed E-state index contributed by atoms with van der Waals surface area (Å²) in [6.07, 6.45) is 0.635. The SMILES string of the molecule is CN(c1nc(Cl)nc2c1ncn2[C@@H]1O[C@H](CO)[C@@H](O)[C@@H]1F)C1CCCC1. The largest absolute Gasteiger partial charge is 0.394 e. The van der Waals surface area contributed by atoms with Crippen molar-refractivity contribution in [1.29, 1.82) is 0 Å². The minimum atomic E-state index is -1.71. The zero-order valence-corrected chi connectivity index (χ0v) is 15.1. The van der Waals surface area contributed by atoms with Crippen LogP contribution in [0.2, 0.25) is 5.28 Å². The zero-order chi connectivity index (χ0) is 18.4. The maximum absolute atomic E-state index is 14.5. The van der Waals surface area contributed by atoms with Gasteiger partial charge >= 0.3 is 0 Å². The van der Waals surface area contributed by atoms with Crippen molar-refractivity contribution in [3.63, 3.8) is 0 Å². The normalized spacial score (nSPS) is 29.7. The quantitative estimate of drug-likeness (QED) is 0.769. The van der Waals surface area contributed by atoms with Gasteiger partial charge in [-0.05, 0) is 24.4 Å². The fourth-order valence-corrected chi connectivity index (χ4v) is 4.01. The molecule has 2 aliphatic rings. The first-order valence-electron chi connectivity index (χ1n) is 8.72. The van der Waals surface area contributed by atoms with Crippen molar-refractivity contribution in [3.05, 3.63) is 11.6 Å². The first kappa shape index (κ1) is 17.8. The number of rotatable bonds is 4. The van der Waals surface area contributed by atoms with Crippen molar-refractivity contribution in [1.82, 2.24) is 19.5 Å². The van der Waals surface area contributed by atoms with Crippen LogP contribution in [0.1, 0.15) is 31.9 Å². The molecule has 0 unspecified atom stereocenters. The van der Waals surface area contributed by atoms with E-state index in [0.29, 0.717) is 23.0 Å². The van der Waals surface area contributed by atoms with Crippen molar-refractivity contribution < 1.29 is 19.3 Å². The van der Waals surface area contributed by atoms with Gasteiger partial charge in [0.05, 0.1) is 12.9 Å². The summed E-state index contributed by atoms with van der Waals surface area (Å²) in [5.74, 6) is 0.596. The van der Waals surface area contributed by atoms with Crippen LogP contribution in [0.15, 0.2) is 6.33 Å². The molecule has 2 aromatic heterocycles. The van der Waals surface area contributed by atoms with Crippen LogP contribution in [-0.4, -0.2) is 67.8 Å². The highest BCUT2D eigenvalue weighted by molar-refractivity contribution is 6.28. The summed E-state index contributed by atoms with van der Waals surface area (Å²) in [6, 6.07) is 0.353. The molecule has 0 aromatic carbocycles. The summed E-state index contributed by atoms with van der Waals surface area (Å²) in [5, 5.41) is 19.1. The Bertz CT molecular complexity index is 800. The fourth-order valence-electron chi connectivity index (χ4n) is 3.85. The lowest BCUT2D eigenvalue weighted by Gasteiger charge is -2.25. The second kappa shape index (κ2) is 6.88. The average Bonchev–Trinajstić information content (AvgIpc) is 3.35. The van der Waals surface area contributed by atoms with Crippen LogP contribution in [0.4, 0.5) is 10.2 Å². The van der Waals surface area contributed by atoms with Crippen molar-refractivity contribution in [3.8, 4) is 0 Å². The lowest BCUT2D eigenvalue weighted by molar-refractivity contribution is -0.0459. The number of hydrogen-bond acceptors (Lipinski definition) is 7. The molecule has 0 bridgehead atoms. The first-order chi connectivity index (χ1) is 12.5. The van der Waals surface area contributed by atoms with E-state index in [1.807, 2.05) is 11.9 Å². The van der Waals surface area contributed by atoms with Gasteiger partial charge < -0.3 is 19.8 Å². The Balaban J connectivity index is 1.74. The number of aromatic nitrogens is 4. The minimum Gasteiger partial charge on any atom is -0.394 e. The molecule has 1 saturated heterocycles. The molecule has 1 saturated carbocycles. The molecule has 8 nitrogen and oxygen atoms in total. The second-order valence-electron chi connectivity index (χ2n) is 6.87. The maximum atomic E-state index is 14.5. The molecular weight excluding hydrogens is 365 g/mol.